The van der Waals surface area contributed by atoms with Gasteiger partial charge in [0.1, 0.15) is 5.75 Å². The molecule has 2 aliphatic heterocycles. The van der Waals surface area contributed by atoms with Crippen LogP contribution in [0.1, 0.15) is 45.1 Å². The monoisotopic (exact) mass is 538 g/mol. The van der Waals surface area contributed by atoms with Gasteiger partial charge >= 0.3 is 0 Å². The lowest BCUT2D eigenvalue weighted by atomic mass is 9.56. The first-order valence-electron chi connectivity index (χ1n) is 11.4. The average molecular weight is 540 g/mol. The Labute approximate surface area is 218 Å². The number of imide groups is 2. The number of rotatable bonds is 1. The maximum atomic E-state index is 13.7. The van der Waals surface area contributed by atoms with Crippen molar-refractivity contribution in [2.75, 3.05) is 7.05 Å². The third-order valence-electron chi connectivity index (χ3n) is 7.99. The molecule has 2 saturated heterocycles. The Morgan fingerprint density at radius 3 is 2.31 bits per heavy atom. The minimum atomic E-state index is -1.95. The molecule has 2 heterocycles. The molecule has 5 rings (SSSR count). The van der Waals surface area contributed by atoms with Crippen molar-refractivity contribution >= 4 is 58.4 Å². The molecule has 186 valence electrons. The molecule has 3 fully saturated rings. The number of phenols is 1. The number of fused-ring (bicyclic) bond motifs is 4. The summed E-state index contributed by atoms with van der Waals surface area (Å²) in [4.78, 5) is 52.2. The van der Waals surface area contributed by atoms with E-state index in [0.717, 1.165) is 4.90 Å². The number of hydrogen-bond donors (Lipinski definition) is 1. The lowest BCUT2D eigenvalue weighted by molar-refractivity contribution is -0.146. The number of likely N-dealkylation sites (tertiary alicyclic amines) is 2. The topological polar surface area (TPSA) is 95.0 Å². The number of phenolic OH excluding ortho intramolecular Hbond substituents is 1. The van der Waals surface area contributed by atoms with Gasteiger partial charge in [0.25, 0.3) is 11.8 Å². The van der Waals surface area contributed by atoms with E-state index in [1.165, 1.54) is 30.1 Å². The Balaban J connectivity index is 1.75. The summed E-state index contributed by atoms with van der Waals surface area (Å²) in [6, 6.07) is 4.38. The Bertz CT molecular complexity index is 1240. The van der Waals surface area contributed by atoms with Crippen LogP contribution in [-0.4, -0.2) is 60.9 Å². The highest BCUT2D eigenvalue weighted by Crippen LogP contribution is 2.66. The molecule has 35 heavy (non-hydrogen) atoms. The summed E-state index contributed by atoms with van der Waals surface area (Å²) in [7, 11) is 1.32. The van der Waals surface area contributed by atoms with Crippen molar-refractivity contribution in [3.05, 3.63) is 40.4 Å². The van der Waals surface area contributed by atoms with Gasteiger partial charge in [-0.1, -0.05) is 23.3 Å². The first-order chi connectivity index (χ1) is 16.2. The molecule has 0 spiro atoms. The van der Waals surface area contributed by atoms with Gasteiger partial charge in [0.2, 0.25) is 11.8 Å². The molecular weight excluding hydrogens is 515 g/mol. The zero-order chi connectivity index (χ0) is 25.8. The largest absolute Gasteiger partial charge is 0.508 e. The van der Waals surface area contributed by atoms with Crippen molar-refractivity contribution in [1.82, 2.24) is 9.80 Å². The highest BCUT2D eigenvalue weighted by atomic mass is 35.5. The standard InChI is InChI=1S/C25H25Cl3N2O5/c1-23(2,3)30-19(32)13-7-6-12-15(17(13)20(30)33)10-24(27)21(34)29(4)22(35)25(24,28)18(12)14-9-11(26)5-8-16(14)31/h5-6,8-9,13,15,17-18,31H,7,10H2,1-4H3/t13-,15+,17-,18+,24+,25-/m0/s1. The van der Waals surface area contributed by atoms with E-state index < -0.39 is 50.8 Å². The summed E-state index contributed by atoms with van der Waals surface area (Å²) in [5.74, 6) is -5.13. The van der Waals surface area contributed by atoms with Crippen molar-refractivity contribution in [1.29, 1.82) is 0 Å². The van der Waals surface area contributed by atoms with Crippen molar-refractivity contribution in [3.8, 4) is 5.75 Å². The summed E-state index contributed by atoms with van der Waals surface area (Å²) in [5.41, 5.74) is 0.135. The van der Waals surface area contributed by atoms with Gasteiger partial charge in [-0.25, -0.2) is 0 Å². The van der Waals surface area contributed by atoms with Crippen molar-refractivity contribution in [2.24, 2.45) is 17.8 Å². The highest BCUT2D eigenvalue weighted by molar-refractivity contribution is 6.53. The SMILES string of the molecule is CN1C(=O)[C@]2(Cl)C[C@@H]3C(=CC[C@@H]4C(=O)N(C(C)(C)C)C(=O)[C@@H]43)[C@H](c3cc(Cl)ccc3O)[C@]2(Cl)C1=O. The van der Waals surface area contributed by atoms with Crippen LogP contribution in [0.25, 0.3) is 0 Å². The third kappa shape index (κ3) is 2.98. The van der Waals surface area contributed by atoms with Crippen LogP contribution in [0.3, 0.4) is 0 Å². The molecule has 0 bridgehead atoms. The van der Waals surface area contributed by atoms with Gasteiger partial charge in [0.05, 0.1) is 11.8 Å². The third-order valence-corrected chi connectivity index (χ3v) is 9.63. The van der Waals surface area contributed by atoms with Gasteiger partial charge in [-0.2, -0.15) is 0 Å². The van der Waals surface area contributed by atoms with E-state index in [-0.39, 0.29) is 36.0 Å². The maximum Gasteiger partial charge on any atom is 0.253 e. The fourth-order valence-corrected chi connectivity index (χ4v) is 7.70. The number of alkyl halides is 2. The summed E-state index contributed by atoms with van der Waals surface area (Å²) >= 11 is 20.4. The van der Waals surface area contributed by atoms with Crippen molar-refractivity contribution < 1.29 is 24.3 Å². The molecule has 10 heteroatoms. The first kappa shape index (κ1) is 24.6. The van der Waals surface area contributed by atoms with Crippen LogP contribution in [0.2, 0.25) is 5.02 Å². The van der Waals surface area contributed by atoms with E-state index in [1.807, 2.05) is 6.08 Å². The molecule has 1 N–H and O–H groups in total. The van der Waals surface area contributed by atoms with Crippen LogP contribution in [0.15, 0.2) is 29.8 Å². The second-order valence-electron chi connectivity index (χ2n) is 10.9. The Morgan fingerprint density at radius 1 is 1.03 bits per heavy atom. The molecule has 1 aromatic carbocycles. The molecular formula is C25H25Cl3N2O5. The molecule has 0 radical (unpaired) electrons. The van der Waals surface area contributed by atoms with Gasteiger partial charge in [-0.3, -0.25) is 29.0 Å². The Morgan fingerprint density at radius 2 is 1.69 bits per heavy atom. The predicted octanol–water partition coefficient (Wildman–Crippen LogP) is 3.83. The van der Waals surface area contributed by atoms with E-state index in [2.05, 4.69) is 0 Å². The first-order valence-corrected chi connectivity index (χ1v) is 12.6. The summed E-state index contributed by atoms with van der Waals surface area (Å²) < 4.78 is 0. The molecule has 2 aliphatic carbocycles. The van der Waals surface area contributed by atoms with Gasteiger partial charge in [0, 0.05) is 29.1 Å². The molecule has 0 aromatic heterocycles. The van der Waals surface area contributed by atoms with E-state index in [9.17, 15) is 24.3 Å². The molecule has 7 nitrogen and oxygen atoms in total. The van der Waals surface area contributed by atoms with Crippen LogP contribution >= 0.6 is 34.8 Å². The molecule has 4 amide bonds. The Hall–Kier alpha value is -2.09. The number of amides is 4. The smallest absolute Gasteiger partial charge is 0.253 e. The molecule has 4 aliphatic rings. The quantitative estimate of drug-likeness (QED) is 0.332. The van der Waals surface area contributed by atoms with E-state index in [4.69, 9.17) is 34.8 Å². The van der Waals surface area contributed by atoms with Crippen LogP contribution in [0, 0.1) is 17.8 Å². The fraction of sp³-hybridized carbons (Fsp3) is 0.520. The molecule has 1 aromatic rings. The fourth-order valence-electron chi connectivity index (χ4n) is 6.51. The number of benzene rings is 1. The summed E-state index contributed by atoms with van der Waals surface area (Å²) in [6.45, 7) is 5.38. The molecule has 0 unspecified atom stereocenters. The van der Waals surface area contributed by atoms with Crippen molar-refractivity contribution in [3.63, 3.8) is 0 Å². The number of hydrogen-bond acceptors (Lipinski definition) is 5. The number of allylic oxidation sites excluding steroid dienone is 2. The number of aromatic hydroxyl groups is 1. The van der Waals surface area contributed by atoms with Crippen LogP contribution in [0.5, 0.6) is 5.75 Å². The lowest BCUT2D eigenvalue weighted by Crippen LogP contribution is -2.60. The highest BCUT2D eigenvalue weighted by Gasteiger charge is 2.76. The maximum absolute atomic E-state index is 13.7. The second-order valence-corrected chi connectivity index (χ2v) is 12.6. The van der Waals surface area contributed by atoms with Crippen molar-refractivity contribution in [2.45, 2.75) is 54.8 Å². The van der Waals surface area contributed by atoms with Gasteiger partial charge in [0.15, 0.2) is 9.75 Å². The minimum Gasteiger partial charge on any atom is -0.508 e. The normalized spacial score (nSPS) is 36.8. The van der Waals surface area contributed by atoms with Gasteiger partial charge in [-0.05, 0) is 57.7 Å². The van der Waals surface area contributed by atoms with Gasteiger partial charge < -0.3 is 5.11 Å². The van der Waals surface area contributed by atoms with E-state index in [1.54, 1.807) is 20.8 Å². The second kappa shape index (κ2) is 7.46. The minimum absolute atomic E-state index is 0.0885. The zero-order valence-electron chi connectivity index (χ0n) is 19.6. The number of carbonyl (C=O) groups excluding carboxylic acids is 4. The van der Waals surface area contributed by atoms with Crippen LogP contribution in [0.4, 0.5) is 0 Å². The summed E-state index contributed by atoms with van der Waals surface area (Å²) in [6.07, 6.45) is 2.01. The number of carbonyl (C=O) groups is 4. The zero-order valence-corrected chi connectivity index (χ0v) is 21.9. The number of nitrogens with zero attached hydrogens (tertiary/aromatic N) is 2. The van der Waals surface area contributed by atoms with Crippen LogP contribution < -0.4 is 0 Å². The predicted molar refractivity (Wildman–Crippen MR) is 130 cm³/mol. The molecule has 1 saturated carbocycles. The van der Waals surface area contributed by atoms with Gasteiger partial charge in [-0.15, -0.1) is 23.2 Å². The van der Waals surface area contributed by atoms with E-state index in [0.29, 0.717) is 10.6 Å². The molecule has 6 atom stereocenters. The summed E-state index contributed by atoms with van der Waals surface area (Å²) in [5, 5.41) is 11.1. The lowest BCUT2D eigenvalue weighted by Gasteiger charge is -2.50. The Kier molecular flexibility index (Phi) is 5.25. The number of halogens is 3. The average Bonchev–Trinajstić information content (AvgIpc) is 3.11. The van der Waals surface area contributed by atoms with Crippen LogP contribution in [-0.2, 0) is 19.2 Å². The van der Waals surface area contributed by atoms with E-state index >= 15 is 0 Å².